The van der Waals surface area contributed by atoms with E-state index in [1.165, 1.54) is 0 Å². The normalized spacial score (nSPS) is 17.1. The Morgan fingerprint density at radius 3 is 2.38 bits per heavy atom. The number of nitrogens with two attached hydrogens (primary N) is 1. The second-order valence-electron chi connectivity index (χ2n) is 4.74. The zero-order chi connectivity index (χ0) is 12.8. The van der Waals surface area contributed by atoms with Gasteiger partial charge in [-0.2, -0.15) is 0 Å². The third-order valence-electron chi connectivity index (χ3n) is 3.14. The summed E-state index contributed by atoms with van der Waals surface area (Å²) in [6.07, 6.45) is 1.80. The number of carboxylic acid groups (broad SMARTS) is 1. The van der Waals surface area contributed by atoms with Gasteiger partial charge in [-0.1, -0.05) is 20.8 Å². The smallest absolute Gasteiger partial charge is 0.323 e. The van der Waals surface area contributed by atoms with E-state index in [1.807, 2.05) is 6.92 Å². The van der Waals surface area contributed by atoms with Crippen LogP contribution in [0.15, 0.2) is 0 Å². The molecule has 0 aliphatic carbocycles. The Kier molecular flexibility index (Phi) is 6.60. The van der Waals surface area contributed by atoms with Crippen molar-refractivity contribution < 1.29 is 14.6 Å². The number of ether oxygens (including phenoxy) is 1. The van der Waals surface area contributed by atoms with Crippen molar-refractivity contribution in [2.75, 3.05) is 6.61 Å². The fourth-order valence-electron chi connectivity index (χ4n) is 1.28. The van der Waals surface area contributed by atoms with Crippen LogP contribution in [-0.4, -0.2) is 29.3 Å². The Morgan fingerprint density at radius 2 is 2.00 bits per heavy atom. The molecule has 0 radical (unpaired) electrons. The summed E-state index contributed by atoms with van der Waals surface area (Å²) in [6.45, 7) is 8.59. The second-order valence-corrected chi connectivity index (χ2v) is 4.74. The summed E-state index contributed by atoms with van der Waals surface area (Å²) < 4.78 is 5.57. The van der Waals surface area contributed by atoms with Gasteiger partial charge in [0.25, 0.3) is 0 Å². The van der Waals surface area contributed by atoms with Crippen molar-refractivity contribution in [2.45, 2.75) is 58.6 Å². The van der Waals surface area contributed by atoms with E-state index < -0.39 is 11.5 Å². The summed E-state index contributed by atoms with van der Waals surface area (Å²) in [7, 11) is 0. The largest absolute Gasteiger partial charge is 0.480 e. The third-order valence-corrected chi connectivity index (χ3v) is 3.14. The molecule has 96 valence electrons. The minimum absolute atomic E-state index is 0.207. The van der Waals surface area contributed by atoms with E-state index in [-0.39, 0.29) is 6.10 Å². The molecule has 0 saturated heterocycles. The number of rotatable bonds is 8. The number of hydrogen-bond donors (Lipinski definition) is 2. The molecule has 16 heavy (non-hydrogen) atoms. The van der Waals surface area contributed by atoms with Gasteiger partial charge in [-0.3, -0.25) is 4.79 Å². The fraction of sp³-hybridized carbons (Fsp3) is 0.917. The monoisotopic (exact) mass is 231 g/mol. The van der Waals surface area contributed by atoms with Crippen LogP contribution in [0.2, 0.25) is 0 Å². The van der Waals surface area contributed by atoms with Crippen LogP contribution < -0.4 is 5.73 Å². The lowest BCUT2D eigenvalue weighted by Gasteiger charge is -2.23. The van der Waals surface area contributed by atoms with Gasteiger partial charge < -0.3 is 15.6 Å². The van der Waals surface area contributed by atoms with Gasteiger partial charge in [0.05, 0.1) is 6.10 Å². The molecule has 0 fully saturated rings. The lowest BCUT2D eigenvalue weighted by atomic mass is 9.92. The summed E-state index contributed by atoms with van der Waals surface area (Å²) in [6, 6.07) is 0. The Balaban J connectivity index is 3.85. The third kappa shape index (κ3) is 4.94. The Morgan fingerprint density at radius 1 is 1.44 bits per heavy atom. The van der Waals surface area contributed by atoms with Crippen LogP contribution in [-0.2, 0) is 9.53 Å². The Bertz CT molecular complexity index is 218. The number of aliphatic carboxylic acids is 1. The predicted molar refractivity (Wildman–Crippen MR) is 64.3 cm³/mol. The topological polar surface area (TPSA) is 72.5 Å². The van der Waals surface area contributed by atoms with Crippen LogP contribution in [0.4, 0.5) is 0 Å². The van der Waals surface area contributed by atoms with E-state index in [0.717, 1.165) is 0 Å². The molecular formula is C12H25NO3. The highest BCUT2D eigenvalue weighted by Gasteiger charge is 2.30. The molecule has 0 bridgehead atoms. The van der Waals surface area contributed by atoms with E-state index in [2.05, 4.69) is 13.8 Å². The van der Waals surface area contributed by atoms with E-state index in [1.54, 1.807) is 6.92 Å². The molecule has 0 rings (SSSR count). The van der Waals surface area contributed by atoms with Crippen molar-refractivity contribution in [3.8, 4) is 0 Å². The van der Waals surface area contributed by atoms with Gasteiger partial charge in [0.1, 0.15) is 5.54 Å². The van der Waals surface area contributed by atoms with Crippen molar-refractivity contribution in [3.05, 3.63) is 0 Å². The Hall–Kier alpha value is -0.610. The van der Waals surface area contributed by atoms with Crippen molar-refractivity contribution in [1.82, 2.24) is 0 Å². The van der Waals surface area contributed by atoms with Gasteiger partial charge in [-0.25, -0.2) is 0 Å². The molecule has 0 aliphatic rings. The van der Waals surface area contributed by atoms with Crippen LogP contribution in [0.3, 0.4) is 0 Å². The van der Waals surface area contributed by atoms with Crippen molar-refractivity contribution in [1.29, 1.82) is 0 Å². The highest BCUT2D eigenvalue weighted by molar-refractivity contribution is 5.78. The zero-order valence-electron chi connectivity index (χ0n) is 10.8. The Labute approximate surface area is 98.2 Å². The molecule has 0 spiro atoms. The quantitative estimate of drug-likeness (QED) is 0.627. The molecule has 3 N–H and O–H groups in total. The number of hydrogen-bond acceptors (Lipinski definition) is 3. The van der Waals surface area contributed by atoms with Crippen molar-refractivity contribution in [2.24, 2.45) is 11.7 Å². The summed E-state index contributed by atoms with van der Waals surface area (Å²) >= 11 is 0. The second kappa shape index (κ2) is 6.86. The van der Waals surface area contributed by atoms with E-state index in [9.17, 15) is 4.79 Å². The molecule has 2 unspecified atom stereocenters. The lowest BCUT2D eigenvalue weighted by Crippen LogP contribution is -2.47. The van der Waals surface area contributed by atoms with Gasteiger partial charge in [0.2, 0.25) is 0 Å². The van der Waals surface area contributed by atoms with Gasteiger partial charge in [0, 0.05) is 6.61 Å². The molecule has 0 amide bonds. The minimum atomic E-state index is -1.09. The summed E-state index contributed by atoms with van der Waals surface area (Å²) in [5.74, 6) is -0.444. The first-order valence-electron chi connectivity index (χ1n) is 5.97. The van der Waals surface area contributed by atoms with Gasteiger partial charge in [-0.15, -0.1) is 0 Å². The van der Waals surface area contributed by atoms with Gasteiger partial charge in [-0.05, 0) is 32.1 Å². The highest BCUT2D eigenvalue weighted by atomic mass is 16.5. The number of carbonyl (C=O) groups is 1. The van der Waals surface area contributed by atoms with Crippen molar-refractivity contribution >= 4 is 5.97 Å². The summed E-state index contributed by atoms with van der Waals surface area (Å²) in [5.41, 5.74) is 4.67. The molecule has 0 saturated carbocycles. The number of carboxylic acids is 1. The SMILES string of the molecule is CCC(N)(CCCOC(C)C(C)C)C(=O)O. The van der Waals surface area contributed by atoms with Crippen LogP contribution in [0.25, 0.3) is 0 Å². The fourth-order valence-corrected chi connectivity index (χ4v) is 1.28. The van der Waals surface area contributed by atoms with E-state index >= 15 is 0 Å². The minimum Gasteiger partial charge on any atom is -0.480 e. The molecule has 0 aromatic carbocycles. The predicted octanol–water partition coefficient (Wildman–Crippen LogP) is 2.02. The molecule has 0 aromatic heterocycles. The standard InChI is InChI=1S/C12H25NO3/c1-5-12(13,11(14)15)7-6-8-16-10(4)9(2)3/h9-10H,5-8,13H2,1-4H3,(H,14,15). The average molecular weight is 231 g/mol. The summed E-state index contributed by atoms with van der Waals surface area (Å²) in [4.78, 5) is 10.9. The molecule has 0 aromatic rings. The van der Waals surface area contributed by atoms with E-state index in [0.29, 0.717) is 31.8 Å². The maximum Gasteiger partial charge on any atom is 0.323 e. The van der Waals surface area contributed by atoms with E-state index in [4.69, 9.17) is 15.6 Å². The molecule has 0 aliphatic heterocycles. The average Bonchev–Trinajstić information content (AvgIpc) is 2.23. The summed E-state index contributed by atoms with van der Waals surface area (Å²) in [5, 5.41) is 8.96. The van der Waals surface area contributed by atoms with Gasteiger partial charge in [0.15, 0.2) is 0 Å². The van der Waals surface area contributed by atoms with Crippen LogP contribution in [0, 0.1) is 5.92 Å². The zero-order valence-corrected chi connectivity index (χ0v) is 10.8. The molecule has 4 heteroatoms. The molecule has 2 atom stereocenters. The highest BCUT2D eigenvalue weighted by Crippen LogP contribution is 2.15. The maximum absolute atomic E-state index is 10.9. The lowest BCUT2D eigenvalue weighted by molar-refractivity contribution is -0.143. The van der Waals surface area contributed by atoms with Crippen LogP contribution in [0.1, 0.15) is 47.0 Å². The molecule has 4 nitrogen and oxygen atoms in total. The van der Waals surface area contributed by atoms with Gasteiger partial charge >= 0.3 is 5.97 Å². The van der Waals surface area contributed by atoms with Crippen LogP contribution >= 0.6 is 0 Å². The first-order valence-corrected chi connectivity index (χ1v) is 5.97. The first kappa shape index (κ1) is 15.4. The van der Waals surface area contributed by atoms with Crippen molar-refractivity contribution in [3.63, 3.8) is 0 Å². The van der Waals surface area contributed by atoms with Crippen LogP contribution in [0.5, 0.6) is 0 Å². The first-order chi connectivity index (χ1) is 7.33. The molecule has 0 heterocycles. The molecular weight excluding hydrogens is 206 g/mol. The maximum atomic E-state index is 10.9.